The molecule has 3 nitrogen and oxygen atoms in total. The van der Waals surface area contributed by atoms with Crippen molar-refractivity contribution in [3.63, 3.8) is 0 Å². The molecule has 2 aromatic rings. The topological polar surface area (TPSA) is 39.2 Å². The van der Waals surface area contributed by atoms with Crippen molar-refractivity contribution in [1.29, 1.82) is 0 Å². The Balaban J connectivity index is 1.89. The average Bonchev–Trinajstić information content (AvgIpc) is 2.74. The summed E-state index contributed by atoms with van der Waals surface area (Å²) in [4.78, 5) is 16.9. The van der Waals surface area contributed by atoms with Gasteiger partial charge in [0.25, 0.3) is 0 Å². The molecule has 0 saturated carbocycles. The summed E-state index contributed by atoms with van der Waals surface area (Å²) in [5.74, 6) is -0.370. The molecule has 0 spiro atoms. The van der Waals surface area contributed by atoms with Gasteiger partial charge in [0.2, 0.25) is 0 Å². The number of benzene rings is 1. The number of aromatic nitrogens is 1. The summed E-state index contributed by atoms with van der Waals surface area (Å²) in [6.07, 6.45) is 3.11. The minimum Gasteiger partial charge on any atom is -0.457 e. The van der Waals surface area contributed by atoms with Gasteiger partial charge in [0.15, 0.2) is 0 Å². The lowest BCUT2D eigenvalue weighted by Gasteiger charge is -2.00. The molecule has 1 aromatic heterocycles. The van der Waals surface area contributed by atoms with Crippen molar-refractivity contribution in [2.45, 2.75) is 20.5 Å². The molecule has 0 radical (unpaired) electrons. The van der Waals surface area contributed by atoms with Crippen molar-refractivity contribution in [3.05, 3.63) is 56.5 Å². The highest BCUT2D eigenvalue weighted by Gasteiger charge is 2.06. The van der Waals surface area contributed by atoms with E-state index in [0.717, 1.165) is 21.1 Å². The molecular weight excluding hydrogens is 294 g/mol. The van der Waals surface area contributed by atoms with Gasteiger partial charge in [0.1, 0.15) is 6.61 Å². The van der Waals surface area contributed by atoms with Crippen LogP contribution in [-0.2, 0) is 16.1 Å². The van der Waals surface area contributed by atoms with E-state index in [0.29, 0.717) is 5.02 Å². The van der Waals surface area contributed by atoms with Gasteiger partial charge in [-0.2, -0.15) is 0 Å². The Morgan fingerprint density at radius 1 is 1.35 bits per heavy atom. The summed E-state index contributed by atoms with van der Waals surface area (Å²) in [6.45, 7) is 4.11. The van der Waals surface area contributed by atoms with E-state index < -0.39 is 0 Å². The van der Waals surface area contributed by atoms with E-state index >= 15 is 0 Å². The van der Waals surface area contributed by atoms with E-state index in [9.17, 15) is 4.79 Å². The quantitative estimate of drug-likeness (QED) is 0.628. The maximum Gasteiger partial charge on any atom is 0.331 e. The summed E-state index contributed by atoms with van der Waals surface area (Å²) in [7, 11) is 0. The summed E-state index contributed by atoms with van der Waals surface area (Å²) >= 11 is 7.33. The van der Waals surface area contributed by atoms with Crippen molar-refractivity contribution >= 4 is 35.0 Å². The number of carbonyl (C=O) groups is 1. The molecule has 5 heteroatoms. The third-order valence-electron chi connectivity index (χ3n) is 2.63. The molecule has 0 unspecified atom stereocenters. The van der Waals surface area contributed by atoms with Crippen molar-refractivity contribution < 1.29 is 9.53 Å². The van der Waals surface area contributed by atoms with E-state index in [4.69, 9.17) is 16.3 Å². The fourth-order valence-electron chi connectivity index (χ4n) is 1.63. The maximum absolute atomic E-state index is 11.6. The Labute approximate surface area is 126 Å². The van der Waals surface area contributed by atoms with E-state index in [1.807, 2.05) is 26.0 Å². The van der Waals surface area contributed by atoms with Crippen molar-refractivity contribution in [2.75, 3.05) is 0 Å². The second-order valence-corrected chi connectivity index (χ2v) is 5.96. The molecule has 0 bridgehead atoms. The lowest BCUT2D eigenvalue weighted by molar-refractivity contribution is -0.138. The molecule has 0 aliphatic rings. The van der Waals surface area contributed by atoms with Gasteiger partial charge in [-0.1, -0.05) is 23.7 Å². The number of halogens is 1. The SMILES string of the molecule is Cc1nc(C)c(COC(=O)/C=C/c2ccc(Cl)cc2)s1. The van der Waals surface area contributed by atoms with Crippen LogP contribution in [0.3, 0.4) is 0 Å². The Morgan fingerprint density at radius 2 is 2.05 bits per heavy atom. The third-order valence-corrected chi connectivity index (χ3v) is 3.93. The molecule has 0 saturated heterocycles. The minimum absolute atomic E-state index is 0.265. The number of hydrogen-bond donors (Lipinski definition) is 0. The molecule has 0 aliphatic carbocycles. The van der Waals surface area contributed by atoms with Gasteiger partial charge in [0, 0.05) is 11.1 Å². The normalized spacial score (nSPS) is 10.9. The number of thiazole rings is 1. The number of carbonyl (C=O) groups excluding carboxylic acids is 1. The van der Waals surface area contributed by atoms with Gasteiger partial charge in [-0.3, -0.25) is 0 Å². The number of nitrogens with zero attached hydrogens (tertiary/aromatic N) is 1. The molecular formula is C15H14ClNO2S. The Kier molecular flexibility index (Phi) is 4.93. The number of hydrogen-bond acceptors (Lipinski definition) is 4. The Morgan fingerprint density at radius 3 is 2.65 bits per heavy atom. The van der Waals surface area contributed by atoms with Crippen LogP contribution >= 0.6 is 22.9 Å². The van der Waals surface area contributed by atoms with Crippen LogP contribution in [0.2, 0.25) is 5.02 Å². The molecule has 0 amide bonds. The van der Waals surface area contributed by atoms with E-state index in [1.165, 1.54) is 6.08 Å². The summed E-state index contributed by atoms with van der Waals surface area (Å²) in [5.41, 5.74) is 1.82. The molecule has 0 aliphatic heterocycles. The molecule has 0 atom stereocenters. The van der Waals surface area contributed by atoms with Gasteiger partial charge in [0.05, 0.1) is 15.6 Å². The zero-order valence-corrected chi connectivity index (χ0v) is 12.8. The first-order chi connectivity index (χ1) is 9.54. The zero-order chi connectivity index (χ0) is 14.5. The molecule has 1 aromatic carbocycles. The molecule has 1 heterocycles. The lowest BCUT2D eigenvalue weighted by atomic mass is 10.2. The predicted molar refractivity (Wildman–Crippen MR) is 81.9 cm³/mol. The van der Waals surface area contributed by atoms with Crippen LogP contribution < -0.4 is 0 Å². The van der Waals surface area contributed by atoms with Gasteiger partial charge < -0.3 is 4.74 Å². The Hall–Kier alpha value is -1.65. The third kappa shape index (κ3) is 4.18. The predicted octanol–water partition coefficient (Wildman–Crippen LogP) is 4.17. The zero-order valence-electron chi connectivity index (χ0n) is 11.2. The standard InChI is InChI=1S/C15H14ClNO2S/c1-10-14(20-11(2)17-10)9-19-15(18)8-5-12-3-6-13(16)7-4-12/h3-8H,9H2,1-2H3/b8-5+. The monoisotopic (exact) mass is 307 g/mol. The van der Waals surface area contributed by atoms with Gasteiger partial charge >= 0.3 is 5.97 Å². The van der Waals surface area contributed by atoms with Crippen LogP contribution in [0.25, 0.3) is 6.08 Å². The van der Waals surface area contributed by atoms with Gasteiger partial charge in [-0.15, -0.1) is 11.3 Å². The number of aryl methyl sites for hydroxylation is 2. The second-order valence-electron chi connectivity index (χ2n) is 4.23. The first-order valence-corrected chi connectivity index (χ1v) is 7.27. The van der Waals surface area contributed by atoms with Gasteiger partial charge in [-0.05, 0) is 37.6 Å². The number of ether oxygens (including phenoxy) is 1. The average molecular weight is 308 g/mol. The molecule has 0 fully saturated rings. The molecule has 20 heavy (non-hydrogen) atoms. The number of esters is 1. The van der Waals surface area contributed by atoms with E-state index in [-0.39, 0.29) is 12.6 Å². The Bertz CT molecular complexity index is 632. The highest BCUT2D eigenvalue weighted by atomic mass is 35.5. The van der Waals surface area contributed by atoms with Crippen molar-refractivity contribution in [2.24, 2.45) is 0 Å². The minimum atomic E-state index is -0.370. The van der Waals surface area contributed by atoms with Crippen LogP contribution in [-0.4, -0.2) is 11.0 Å². The largest absolute Gasteiger partial charge is 0.457 e. The summed E-state index contributed by atoms with van der Waals surface area (Å²) in [5, 5.41) is 1.64. The molecule has 0 N–H and O–H groups in total. The van der Waals surface area contributed by atoms with Crippen LogP contribution in [0.1, 0.15) is 21.1 Å². The van der Waals surface area contributed by atoms with Crippen molar-refractivity contribution in [3.8, 4) is 0 Å². The smallest absolute Gasteiger partial charge is 0.331 e. The van der Waals surface area contributed by atoms with E-state index in [1.54, 1.807) is 29.5 Å². The maximum atomic E-state index is 11.6. The first-order valence-electron chi connectivity index (χ1n) is 6.08. The van der Waals surface area contributed by atoms with Crippen LogP contribution in [0.4, 0.5) is 0 Å². The fourth-order valence-corrected chi connectivity index (χ4v) is 2.61. The lowest BCUT2D eigenvalue weighted by Crippen LogP contribution is -2.00. The van der Waals surface area contributed by atoms with E-state index in [2.05, 4.69) is 4.98 Å². The second kappa shape index (κ2) is 6.68. The van der Waals surface area contributed by atoms with Gasteiger partial charge in [-0.25, -0.2) is 9.78 Å². The summed E-state index contributed by atoms with van der Waals surface area (Å²) < 4.78 is 5.19. The fraction of sp³-hybridized carbons (Fsp3) is 0.200. The first kappa shape index (κ1) is 14.8. The van der Waals surface area contributed by atoms with Crippen molar-refractivity contribution in [1.82, 2.24) is 4.98 Å². The summed E-state index contributed by atoms with van der Waals surface area (Å²) in [6, 6.07) is 7.22. The highest BCUT2D eigenvalue weighted by Crippen LogP contribution is 2.18. The highest BCUT2D eigenvalue weighted by molar-refractivity contribution is 7.11. The number of rotatable bonds is 4. The molecule has 2 rings (SSSR count). The van der Waals surface area contributed by atoms with Crippen LogP contribution in [0.15, 0.2) is 30.3 Å². The van der Waals surface area contributed by atoms with Crippen LogP contribution in [0, 0.1) is 13.8 Å². The molecule has 104 valence electrons. The van der Waals surface area contributed by atoms with Crippen LogP contribution in [0.5, 0.6) is 0 Å².